The monoisotopic (exact) mass is 452 g/mol. The first kappa shape index (κ1) is 23.8. The summed E-state index contributed by atoms with van der Waals surface area (Å²) in [5.41, 5.74) is 4.40. The number of fused-ring (bicyclic) bond motifs is 3. The normalized spacial score (nSPS) is 12.7. The van der Waals surface area contributed by atoms with Gasteiger partial charge in [-0.15, -0.1) is 0 Å². The van der Waals surface area contributed by atoms with Crippen LogP contribution in [0.5, 0.6) is 0 Å². The number of carboxylic acid groups (broad SMARTS) is 1. The van der Waals surface area contributed by atoms with Gasteiger partial charge in [-0.3, -0.25) is 0 Å². The van der Waals surface area contributed by atoms with Crippen LogP contribution in [-0.2, 0) is 14.3 Å². The van der Waals surface area contributed by atoms with Crippen molar-refractivity contribution in [1.82, 2.24) is 10.6 Å². The van der Waals surface area contributed by atoms with Crippen molar-refractivity contribution in [2.24, 2.45) is 0 Å². The standard InChI is InChI=1S/C25H28N2O6/c1-2-15-32-24(30)26-14-8-7-13-22(23(28)29)27-25(31)33-16-21-19-11-5-3-9-17(19)18-10-4-6-12-20(18)21/h2-6,9-12,21-22H,1,7-8,13-16H2,(H,26,30)(H,27,31)(H,28,29). The van der Waals surface area contributed by atoms with Crippen molar-refractivity contribution >= 4 is 18.2 Å². The molecule has 0 bridgehead atoms. The van der Waals surface area contributed by atoms with Gasteiger partial charge < -0.3 is 25.2 Å². The Morgan fingerprint density at radius 2 is 1.61 bits per heavy atom. The summed E-state index contributed by atoms with van der Waals surface area (Å²) in [4.78, 5) is 35.2. The van der Waals surface area contributed by atoms with Gasteiger partial charge in [0, 0.05) is 12.5 Å². The molecule has 0 radical (unpaired) electrons. The minimum atomic E-state index is -1.14. The van der Waals surface area contributed by atoms with Crippen LogP contribution in [0.4, 0.5) is 9.59 Å². The first-order chi connectivity index (χ1) is 16.0. The van der Waals surface area contributed by atoms with Crippen molar-refractivity contribution in [2.75, 3.05) is 19.8 Å². The SMILES string of the molecule is C=CCOC(=O)NCCCCC(NC(=O)OCC1c2ccccc2-c2ccccc21)C(=O)O. The van der Waals surface area contributed by atoms with Gasteiger partial charge >= 0.3 is 18.2 Å². The number of hydrogen-bond acceptors (Lipinski definition) is 5. The summed E-state index contributed by atoms with van der Waals surface area (Å²) in [6.45, 7) is 4.03. The molecule has 2 aromatic rings. The van der Waals surface area contributed by atoms with Crippen LogP contribution < -0.4 is 10.6 Å². The maximum atomic E-state index is 12.3. The highest BCUT2D eigenvalue weighted by Crippen LogP contribution is 2.44. The number of carboxylic acids is 1. The molecule has 0 aliphatic heterocycles. The molecule has 0 fully saturated rings. The average Bonchev–Trinajstić information content (AvgIpc) is 3.14. The van der Waals surface area contributed by atoms with Crippen LogP contribution in [0.1, 0.15) is 36.3 Å². The molecule has 2 aromatic carbocycles. The highest BCUT2D eigenvalue weighted by Gasteiger charge is 2.29. The summed E-state index contributed by atoms with van der Waals surface area (Å²) >= 11 is 0. The first-order valence-corrected chi connectivity index (χ1v) is 10.9. The number of rotatable bonds is 11. The average molecular weight is 453 g/mol. The maximum Gasteiger partial charge on any atom is 0.407 e. The van der Waals surface area contributed by atoms with E-state index < -0.39 is 24.2 Å². The lowest BCUT2D eigenvalue weighted by Gasteiger charge is -2.17. The zero-order valence-corrected chi connectivity index (χ0v) is 18.3. The molecule has 174 valence electrons. The predicted octanol–water partition coefficient (Wildman–Crippen LogP) is 4.06. The quantitative estimate of drug-likeness (QED) is 0.350. The van der Waals surface area contributed by atoms with Crippen molar-refractivity contribution in [3.63, 3.8) is 0 Å². The molecule has 0 saturated heterocycles. The molecule has 8 nitrogen and oxygen atoms in total. The first-order valence-electron chi connectivity index (χ1n) is 10.9. The lowest BCUT2D eigenvalue weighted by molar-refractivity contribution is -0.139. The van der Waals surface area contributed by atoms with Crippen LogP contribution in [0, 0.1) is 0 Å². The van der Waals surface area contributed by atoms with E-state index in [1.165, 1.54) is 6.08 Å². The molecule has 0 saturated carbocycles. The van der Waals surface area contributed by atoms with Crippen LogP contribution in [-0.4, -0.2) is 49.1 Å². The Bertz CT molecular complexity index is 960. The second-order valence-electron chi connectivity index (χ2n) is 7.67. The van der Waals surface area contributed by atoms with Gasteiger partial charge in [-0.2, -0.15) is 0 Å². The number of carbonyl (C=O) groups excluding carboxylic acids is 2. The zero-order chi connectivity index (χ0) is 23.6. The molecule has 3 rings (SSSR count). The summed E-state index contributed by atoms with van der Waals surface area (Å²) in [6, 6.07) is 14.9. The summed E-state index contributed by atoms with van der Waals surface area (Å²) in [7, 11) is 0. The number of unbranched alkanes of at least 4 members (excludes halogenated alkanes) is 1. The fourth-order valence-electron chi connectivity index (χ4n) is 3.89. The van der Waals surface area contributed by atoms with Gasteiger partial charge in [-0.25, -0.2) is 14.4 Å². The lowest BCUT2D eigenvalue weighted by Crippen LogP contribution is -2.41. The number of alkyl carbamates (subject to hydrolysis) is 2. The third-order valence-corrected chi connectivity index (χ3v) is 5.46. The summed E-state index contributed by atoms with van der Waals surface area (Å²) in [5.74, 6) is -1.24. The number of aliphatic carboxylic acids is 1. The van der Waals surface area contributed by atoms with Crippen LogP contribution in [0.2, 0.25) is 0 Å². The molecule has 33 heavy (non-hydrogen) atoms. The van der Waals surface area contributed by atoms with Gasteiger partial charge in [-0.05, 0) is 41.5 Å². The Hall–Kier alpha value is -3.81. The van der Waals surface area contributed by atoms with Crippen molar-refractivity contribution in [1.29, 1.82) is 0 Å². The van der Waals surface area contributed by atoms with Gasteiger partial charge in [0.2, 0.25) is 0 Å². The summed E-state index contributed by atoms with van der Waals surface area (Å²) < 4.78 is 10.2. The smallest absolute Gasteiger partial charge is 0.407 e. The second-order valence-corrected chi connectivity index (χ2v) is 7.67. The number of ether oxygens (including phenoxy) is 2. The van der Waals surface area contributed by atoms with Crippen LogP contribution in [0.3, 0.4) is 0 Å². The largest absolute Gasteiger partial charge is 0.480 e. The molecule has 0 heterocycles. The van der Waals surface area contributed by atoms with Gasteiger partial charge in [-0.1, -0.05) is 61.2 Å². The predicted molar refractivity (Wildman–Crippen MR) is 123 cm³/mol. The van der Waals surface area contributed by atoms with E-state index in [0.29, 0.717) is 19.4 Å². The second kappa shape index (κ2) is 11.7. The molecule has 1 atom stereocenters. The van der Waals surface area contributed by atoms with Crippen LogP contribution >= 0.6 is 0 Å². The minimum Gasteiger partial charge on any atom is -0.480 e. The zero-order valence-electron chi connectivity index (χ0n) is 18.3. The van der Waals surface area contributed by atoms with E-state index in [1.54, 1.807) is 0 Å². The van der Waals surface area contributed by atoms with E-state index in [2.05, 4.69) is 17.2 Å². The van der Waals surface area contributed by atoms with E-state index in [1.807, 2.05) is 48.5 Å². The van der Waals surface area contributed by atoms with Crippen molar-refractivity contribution in [3.05, 3.63) is 72.3 Å². The highest BCUT2D eigenvalue weighted by atomic mass is 16.6. The van der Waals surface area contributed by atoms with E-state index >= 15 is 0 Å². The fraction of sp³-hybridized carbons (Fsp3) is 0.320. The number of hydrogen-bond donors (Lipinski definition) is 3. The topological polar surface area (TPSA) is 114 Å². The molecule has 8 heteroatoms. The summed E-state index contributed by atoms with van der Waals surface area (Å²) in [6.07, 6.45) is 1.38. The van der Waals surface area contributed by atoms with Crippen molar-refractivity contribution in [2.45, 2.75) is 31.2 Å². The molecule has 2 amide bonds. The third kappa shape index (κ3) is 6.35. The Balaban J connectivity index is 1.46. The molecule has 0 aromatic heterocycles. The Morgan fingerprint density at radius 1 is 0.970 bits per heavy atom. The summed E-state index contributed by atoms with van der Waals surface area (Å²) in [5, 5.41) is 14.4. The molecule has 1 aliphatic rings. The molecule has 0 spiro atoms. The molecule has 3 N–H and O–H groups in total. The van der Waals surface area contributed by atoms with E-state index in [0.717, 1.165) is 22.3 Å². The highest BCUT2D eigenvalue weighted by molar-refractivity contribution is 5.81. The van der Waals surface area contributed by atoms with E-state index in [4.69, 9.17) is 9.47 Å². The maximum absolute atomic E-state index is 12.3. The van der Waals surface area contributed by atoms with Gasteiger partial charge in [0.05, 0.1) is 0 Å². The van der Waals surface area contributed by atoms with Crippen LogP contribution in [0.15, 0.2) is 61.2 Å². The molecular weight excluding hydrogens is 424 g/mol. The van der Waals surface area contributed by atoms with Gasteiger partial charge in [0.15, 0.2) is 0 Å². The van der Waals surface area contributed by atoms with Crippen molar-refractivity contribution < 1.29 is 29.0 Å². The van der Waals surface area contributed by atoms with Crippen LogP contribution in [0.25, 0.3) is 11.1 Å². The minimum absolute atomic E-state index is 0.0988. The fourth-order valence-corrected chi connectivity index (χ4v) is 3.89. The third-order valence-electron chi connectivity index (χ3n) is 5.46. The number of nitrogens with one attached hydrogen (secondary N) is 2. The Morgan fingerprint density at radius 3 is 2.21 bits per heavy atom. The molecule has 1 unspecified atom stereocenters. The Kier molecular flexibility index (Phi) is 8.46. The number of carbonyl (C=O) groups is 3. The van der Waals surface area contributed by atoms with Crippen molar-refractivity contribution in [3.8, 4) is 11.1 Å². The van der Waals surface area contributed by atoms with E-state index in [9.17, 15) is 19.5 Å². The van der Waals surface area contributed by atoms with Gasteiger partial charge in [0.25, 0.3) is 0 Å². The lowest BCUT2D eigenvalue weighted by atomic mass is 9.98. The molecule has 1 aliphatic carbocycles. The number of benzene rings is 2. The van der Waals surface area contributed by atoms with E-state index in [-0.39, 0.29) is 25.6 Å². The van der Waals surface area contributed by atoms with Gasteiger partial charge in [0.1, 0.15) is 19.3 Å². The Labute approximate surface area is 192 Å². The molecular formula is C25H28N2O6. The number of amides is 2.